The fourth-order valence-corrected chi connectivity index (χ4v) is 2.25. The highest BCUT2D eigenvalue weighted by atomic mass is 79.9. The third-order valence-electron chi connectivity index (χ3n) is 2.37. The van der Waals surface area contributed by atoms with Gasteiger partial charge in [0.2, 0.25) is 0 Å². The standard InChI is InChI=1S/C10H13BrN2/c1-13(2)8-5-7-3-4-12-10(7)9(11)6-8/h5-6,12H,3-4H2,1-2H3. The number of fused-ring (bicyclic) bond motifs is 1. The van der Waals surface area contributed by atoms with Crippen LogP contribution in [0.4, 0.5) is 11.4 Å². The lowest BCUT2D eigenvalue weighted by Crippen LogP contribution is -2.08. The van der Waals surface area contributed by atoms with Crippen LogP contribution in [0.25, 0.3) is 0 Å². The maximum absolute atomic E-state index is 3.58. The summed E-state index contributed by atoms with van der Waals surface area (Å²) < 4.78 is 1.17. The van der Waals surface area contributed by atoms with Gasteiger partial charge in [0.25, 0.3) is 0 Å². The Kier molecular flexibility index (Phi) is 2.20. The molecule has 0 spiro atoms. The highest BCUT2D eigenvalue weighted by Gasteiger charge is 2.14. The van der Waals surface area contributed by atoms with Gasteiger partial charge in [-0.15, -0.1) is 0 Å². The Morgan fingerprint density at radius 2 is 2.15 bits per heavy atom. The van der Waals surface area contributed by atoms with E-state index in [9.17, 15) is 0 Å². The topological polar surface area (TPSA) is 15.3 Å². The first-order chi connectivity index (χ1) is 6.18. The van der Waals surface area contributed by atoms with Crippen LogP contribution < -0.4 is 10.2 Å². The second kappa shape index (κ2) is 3.22. The molecule has 3 heteroatoms. The summed E-state index contributed by atoms with van der Waals surface area (Å²) in [5.74, 6) is 0. The van der Waals surface area contributed by atoms with E-state index >= 15 is 0 Å². The molecular weight excluding hydrogens is 228 g/mol. The van der Waals surface area contributed by atoms with E-state index < -0.39 is 0 Å². The van der Waals surface area contributed by atoms with Gasteiger partial charge in [-0.3, -0.25) is 0 Å². The molecule has 1 aliphatic heterocycles. The van der Waals surface area contributed by atoms with Gasteiger partial charge in [-0.1, -0.05) is 0 Å². The van der Waals surface area contributed by atoms with Crippen molar-refractivity contribution in [3.63, 3.8) is 0 Å². The van der Waals surface area contributed by atoms with Gasteiger partial charge in [-0.25, -0.2) is 0 Å². The lowest BCUT2D eigenvalue weighted by atomic mass is 10.1. The minimum Gasteiger partial charge on any atom is -0.384 e. The normalized spacial score (nSPS) is 13.8. The molecule has 70 valence electrons. The Morgan fingerprint density at radius 3 is 2.85 bits per heavy atom. The van der Waals surface area contributed by atoms with Crippen LogP contribution in [0, 0.1) is 0 Å². The second-order valence-electron chi connectivity index (χ2n) is 3.53. The van der Waals surface area contributed by atoms with E-state index in [1.165, 1.54) is 21.4 Å². The van der Waals surface area contributed by atoms with E-state index in [4.69, 9.17) is 0 Å². The molecule has 0 aromatic heterocycles. The third kappa shape index (κ3) is 1.53. The summed E-state index contributed by atoms with van der Waals surface area (Å²) in [6, 6.07) is 4.40. The van der Waals surface area contributed by atoms with Crippen LogP contribution in [-0.2, 0) is 6.42 Å². The summed E-state index contributed by atoms with van der Waals surface area (Å²) >= 11 is 3.58. The average molecular weight is 241 g/mol. The Balaban J connectivity index is 2.49. The van der Waals surface area contributed by atoms with Crippen molar-refractivity contribution in [2.45, 2.75) is 6.42 Å². The van der Waals surface area contributed by atoms with Crippen LogP contribution in [0.2, 0.25) is 0 Å². The summed E-state index contributed by atoms with van der Waals surface area (Å²) in [4.78, 5) is 2.13. The number of halogens is 1. The molecule has 0 radical (unpaired) electrons. The molecule has 1 aliphatic rings. The first-order valence-electron chi connectivity index (χ1n) is 4.42. The SMILES string of the molecule is CN(C)c1cc(Br)c2c(c1)CCN2. The lowest BCUT2D eigenvalue weighted by Gasteiger charge is -2.14. The van der Waals surface area contributed by atoms with E-state index in [1.807, 2.05) is 0 Å². The van der Waals surface area contributed by atoms with Crippen LogP contribution in [0.5, 0.6) is 0 Å². The fraction of sp³-hybridized carbons (Fsp3) is 0.400. The molecule has 0 bridgehead atoms. The molecule has 2 nitrogen and oxygen atoms in total. The first-order valence-corrected chi connectivity index (χ1v) is 5.21. The van der Waals surface area contributed by atoms with Gasteiger partial charge in [0.15, 0.2) is 0 Å². The molecule has 0 atom stereocenters. The van der Waals surface area contributed by atoms with E-state index in [-0.39, 0.29) is 0 Å². The predicted octanol–water partition coefficient (Wildman–Crippen LogP) is 2.48. The van der Waals surface area contributed by atoms with Crippen LogP contribution in [0.15, 0.2) is 16.6 Å². The van der Waals surface area contributed by atoms with E-state index in [0.29, 0.717) is 0 Å². The van der Waals surface area contributed by atoms with Crippen molar-refractivity contribution in [1.29, 1.82) is 0 Å². The summed E-state index contributed by atoms with van der Waals surface area (Å²) in [6.07, 6.45) is 1.13. The largest absolute Gasteiger partial charge is 0.384 e. The minimum absolute atomic E-state index is 1.06. The number of nitrogens with zero attached hydrogens (tertiary/aromatic N) is 1. The Hall–Kier alpha value is -0.700. The third-order valence-corrected chi connectivity index (χ3v) is 2.99. The van der Waals surface area contributed by atoms with Gasteiger partial charge >= 0.3 is 0 Å². The highest BCUT2D eigenvalue weighted by Crippen LogP contribution is 2.34. The second-order valence-corrected chi connectivity index (χ2v) is 4.39. The molecule has 1 heterocycles. The molecule has 1 aromatic carbocycles. The van der Waals surface area contributed by atoms with Gasteiger partial charge in [0.1, 0.15) is 0 Å². The van der Waals surface area contributed by atoms with Crippen molar-refractivity contribution in [3.05, 3.63) is 22.2 Å². The van der Waals surface area contributed by atoms with Gasteiger partial charge in [0.05, 0.1) is 5.69 Å². The molecule has 0 saturated heterocycles. The van der Waals surface area contributed by atoms with Crippen molar-refractivity contribution in [2.75, 3.05) is 30.9 Å². The zero-order valence-electron chi connectivity index (χ0n) is 7.89. The van der Waals surface area contributed by atoms with E-state index in [2.05, 4.69) is 52.4 Å². The molecule has 0 saturated carbocycles. The summed E-state index contributed by atoms with van der Waals surface area (Å²) in [5, 5.41) is 3.37. The van der Waals surface area contributed by atoms with Gasteiger partial charge in [-0.2, -0.15) is 0 Å². The highest BCUT2D eigenvalue weighted by molar-refractivity contribution is 9.10. The molecule has 0 fully saturated rings. The number of benzene rings is 1. The number of hydrogen-bond donors (Lipinski definition) is 1. The van der Waals surface area contributed by atoms with Crippen LogP contribution in [0.1, 0.15) is 5.56 Å². The first kappa shape index (κ1) is 8.88. The number of nitrogens with one attached hydrogen (secondary N) is 1. The Bertz CT molecular complexity index is 334. The molecule has 1 N–H and O–H groups in total. The Morgan fingerprint density at radius 1 is 1.38 bits per heavy atom. The Labute approximate surface area is 87.1 Å². The van der Waals surface area contributed by atoms with Crippen molar-refractivity contribution >= 4 is 27.3 Å². The van der Waals surface area contributed by atoms with E-state index in [1.54, 1.807) is 0 Å². The van der Waals surface area contributed by atoms with Crippen LogP contribution in [-0.4, -0.2) is 20.6 Å². The smallest absolute Gasteiger partial charge is 0.0519 e. The van der Waals surface area contributed by atoms with E-state index in [0.717, 1.165) is 13.0 Å². The van der Waals surface area contributed by atoms with Crippen molar-refractivity contribution < 1.29 is 0 Å². The summed E-state index contributed by atoms with van der Waals surface area (Å²) in [5.41, 5.74) is 3.94. The predicted molar refractivity (Wildman–Crippen MR) is 60.7 cm³/mol. The maximum atomic E-state index is 3.58. The zero-order valence-corrected chi connectivity index (χ0v) is 9.48. The molecule has 0 amide bonds. The van der Waals surface area contributed by atoms with Gasteiger partial charge in [-0.05, 0) is 40.0 Å². The monoisotopic (exact) mass is 240 g/mol. The van der Waals surface area contributed by atoms with Crippen molar-refractivity contribution in [2.24, 2.45) is 0 Å². The van der Waals surface area contributed by atoms with Crippen LogP contribution in [0.3, 0.4) is 0 Å². The maximum Gasteiger partial charge on any atom is 0.0519 e. The molecular formula is C10H13BrN2. The average Bonchev–Trinajstić information content (AvgIpc) is 2.51. The molecule has 0 unspecified atom stereocenters. The zero-order chi connectivity index (χ0) is 9.42. The number of hydrogen-bond acceptors (Lipinski definition) is 2. The lowest BCUT2D eigenvalue weighted by molar-refractivity contribution is 1.09. The minimum atomic E-state index is 1.06. The van der Waals surface area contributed by atoms with Crippen molar-refractivity contribution in [1.82, 2.24) is 0 Å². The van der Waals surface area contributed by atoms with Gasteiger partial charge < -0.3 is 10.2 Å². The molecule has 0 aliphatic carbocycles. The molecule has 13 heavy (non-hydrogen) atoms. The number of anilines is 2. The summed E-state index contributed by atoms with van der Waals surface area (Å²) in [6.45, 7) is 1.06. The molecule has 1 aromatic rings. The number of rotatable bonds is 1. The fourth-order valence-electron chi connectivity index (χ4n) is 1.62. The summed E-state index contributed by atoms with van der Waals surface area (Å²) in [7, 11) is 4.13. The van der Waals surface area contributed by atoms with Gasteiger partial charge in [0, 0.05) is 30.8 Å². The molecule has 2 rings (SSSR count). The van der Waals surface area contributed by atoms with Crippen LogP contribution >= 0.6 is 15.9 Å². The quantitative estimate of drug-likeness (QED) is 0.812. The van der Waals surface area contributed by atoms with Crippen molar-refractivity contribution in [3.8, 4) is 0 Å².